The molecular formula is C15H27N3. The van der Waals surface area contributed by atoms with Crippen molar-refractivity contribution >= 4 is 0 Å². The Morgan fingerprint density at radius 1 is 1.44 bits per heavy atom. The smallest absolute Gasteiger partial charge is 0.109 e. The first-order valence-electron chi connectivity index (χ1n) is 7.42. The molecule has 3 heteroatoms. The van der Waals surface area contributed by atoms with E-state index in [1.807, 2.05) is 0 Å². The predicted octanol–water partition coefficient (Wildman–Crippen LogP) is 2.92. The summed E-state index contributed by atoms with van der Waals surface area (Å²) in [5, 5.41) is 3.51. The van der Waals surface area contributed by atoms with Gasteiger partial charge in [0.2, 0.25) is 0 Å². The number of hydrogen-bond acceptors (Lipinski definition) is 2. The highest BCUT2D eigenvalue weighted by molar-refractivity contribution is 5.20. The molecule has 1 unspecified atom stereocenters. The summed E-state index contributed by atoms with van der Waals surface area (Å²) in [4.78, 5) is 4.89. The quantitative estimate of drug-likeness (QED) is 0.869. The molecule has 1 aromatic rings. The van der Waals surface area contributed by atoms with Crippen molar-refractivity contribution in [3.05, 3.63) is 17.2 Å². The molecule has 1 atom stereocenters. The van der Waals surface area contributed by atoms with Crippen LogP contribution in [0.3, 0.4) is 0 Å². The molecule has 1 aliphatic rings. The highest BCUT2D eigenvalue weighted by Gasteiger charge is 2.22. The molecule has 18 heavy (non-hydrogen) atoms. The Morgan fingerprint density at radius 3 is 2.89 bits per heavy atom. The molecular weight excluding hydrogens is 222 g/mol. The molecule has 0 saturated heterocycles. The number of hydrogen-bond donors (Lipinski definition) is 1. The summed E-state index contributed by atoms with van der Waals surface area (Å²) < 4.78 is 2.49. The lowest BCUT2D eigenvalue weighted by atomic mass is 9.97. The fourth-order valence-electron chi connectivity index (χ4n) is 2.72. The van der Waals surface area contributed by atoms with Crippen molar-refractivity contribution in [1.29, 1.82) is 0 Å². The van der Waals surface area contributed by atoms with E-state index >= 15 is 0 Å². The van der Waals surface area contributed by atoms with Crippen molar-refractivity contribution in [3.8, 4) is 0 Å². The predicted molar refractivity (Wildman–Crippen MR) is 75.7 cm³/mol. The Balaban J connectivity index is 2.22. The zero-order chi connectivity index (χ0) is 13.1. The first-order valence-corrected chi connectivity index (χ1v) is 7.42. The van der Waals surface area contributed by atoms with Crippen molar-refractivity contribution in [1.82, 2.24) is 14.9 Å². The Kier molecular flexibility index (Phi) is 4.44. The zero-order valence-corrected chi connectivity index (χ0v) is 12.3. The second-order valence-corrected chi connectivity index (χ2v) is 5.96. The van der Waals surface area contributed by atoms with Gasteiger partial charge in [0.25, 0.3) is 0 Å². The van der Waals surface area contributed by atoms with Gasteiger partial charge in [-0.2, -0.15) is 0 Å². The number of nitrogens with zero attached hydrogens (tertiary/aromatic N) is 2. The third-order valence-electron chi connectivity index (χ3n) is 3.77. The normalized spacial score (nSPS) is 19.3. The average molecular weight is 249 g/mol. The standard InChI is InChI=1S/C15H27N3/c1-5-6-15-17-13(10-16-11(2)3)14-9-12(4)7-8-18(14)15/h11-12,16H,5-10H2,1-4H3. The lowest BCUT2D eigenvalue weighted by Crippen LogP contribution is -2.24. The topological polar surface area (TPSA) is 29.9 Å². The van der Waals surface area contributed by atoms with Crippen LogP contribution in [0.1, 0.15) is 57.7 Å². The Labute approximate surface area is 111 Å². The number of aromatic nitrogens is 2. The van der Waals surface area contributed by atoms with Crippen LogP contribution in [0, 0.1) is 5.92 Å². The number of imidazole rings is 1. The third-order valence-corrected chi connectivity index (χ3v) is 3.77. The summed E-state index contributed by atoms with van der Waals surface area (Å²) >= 11 is 0. The number of nitrogens with one attached hydrogen (secondary N) is 1. The summed E-state index contributed by atoms with van der Waals surface area (Å²) in [5.41, 5.74) is 2.78. The van der Waals surface area contributed by atoms with E-state index in [1.165, 1.54) is 43.0 Å². The number of aryl methyl sites for hydroxylation is 1. The van der Waals surface area contributed by atoms with Crippen LogP contribution in [0.4, 0.5) is 0 Å². The van der Waals surface area contributed by atoms with Crippen LogP contribution in [-0.2, 0) is 25.9 Å². The second kappa shape index (κ2) is 5.87. The maximum absolute atomic E-state index is 4.89. The summed E-state index contributed by atoms with van der Waals surface area (Å²) in [7, 11) is 0. The average Bonchev–Trinajstić information content (AvgIpc) is 2.65. The highest BCUT2D eigenvalue weighted by Crippen LogP contribution is 2.25. The van der Waals surface area contributed by atoms with Gasteiger partial charge < -0.3 is 9.88 Å². The first-order chi connectivity index (χ1) is 8.61. The maximum Gasteiger partial charge on any atom is 0.109 e. The molecule has 1 N–H and O–H groups in total. The van der Waals surface area contributed by atoms with Crippen LogP contribution in [0.5, 0.6) is 0 Å². The lowest BCUT2D eigenvalue weighted by molar-refractivity contribution is 0.405. The van der Waals surface area contributed by atoms with Gasteiger partial charge >= 0.3 is 0 Å². The van der Waals surface area contributed by atoms with Gasteiger partial charge in [-0.1, -0.05) is 27.7 Å². The minimum Gasteiger partial charge on any atom is -0.332 e. The van der Waals surface area contributed by atoms with Gasteiger partial charge in [-0.15, -0.1) is 0 Å². The van der Waals surface area contributed by atoms with Crippen molar-refractivity contribution < 1.29 is 0 Å². The van der Waals surface area contributed by atoms with Gasteiger partial charge in [-0.05, 0) is 25.2 Å². The van der Waals surface area contributed by atoms with Crippen molar-refractivity contribution in [2.75, 3.05) is 0 Å². The van der Waals surface area contributed by atoms with Crippen molar-refractivity contribution in [2.45, 2.75) is 72.5 Å². The Hall–Kier alpha value is -0.830. The minimum absolute atomic E-state index is 0.526. The van der Waals surface area contributed by atoms with Crippen LogP contribution < -0.4 is 5.32 Å². The molecule has 102 valence electrons. The summed E-state index contributed by atoms with van der Waals surface area (Å²) in [6.45, 7) is 11.1. The highest BCUT2D eigenvalue weighted by atomic mass is 15.1. The largest absolute Gasteiger partial charge is 0.332 e. The molecule has 0 fully saturated rings. The lowest BCUT2D eigenvalue weighted by Gasteiger charge is -2.23. The summed E-state index contributed by atoms with van der Waals surface area (Å²) in [5.74, 6) is 2.11. The summed E-state index contributed by atoms with van der Waals surface area (Å²) in [6, 6.07) is 0.526. The third kappa shape index (κ3) is 2.94. The van der Waals surface area contributed by atoms with Gasteiger partial charge in [-0.25, -0.2) is 4.98 Å². The van der Waals surface area contributed by atoms with Crippen LogP contribution in [0.15, 0.2) is 0 Å². The fourth-order valence-corrected chi connectivity index (χ4v) is 2.72. The Morgan fingerprint density at radius 2 is 2.22 bits per heavy atom. The van der Waals surface area contributed by atoms with E-state index in [4.69, 9.17) is 4.98 Å². The van der Waals surface area contributed by atoms with Crippen molar-refractivity contribution in [2.24, 2.45) is 5.92 Å². The molecule has 0 aromatic carbocycles. The monoisotopic (exact) mass is 249 g/mol. The minimum atomic E-state index is 0.526. The van der Waals surface area contributed by atoms with E-state index < -0.39 is 0 Å². The molecule has 1 aliphatic heterocycles. The van der Waals surface area contributed by atoms with Crippen LogP contribution in [-0.4, -0.2) is 15.6 Å². The first kappa shape index (κ1) is 13.6. The van der Waals surface area contributed by atoms with Gasteiger partial charge in [0.1, 0.15) is 5.82 Å². The van der Waals surface area contributed by atoms with Gasteiger partial charge in [-0.3, -0.25) is 0 Å². The van der Waals surface area contributed by atoms with E-state index in [2.05, 4.69) is 37.6 Å². The Bertz CT molecular complexity index is 393. The van der Waals surface area contributed by atoms with Gasteiger partial charge in [0.15, 0.2) is 0 Å². The summed E-state index contributed by atoms with van der Waals surface area (Å²) in [6.07, 6.45) is 4.80. The molecule has 1 aromatic heterocycles. The van der Waals surface area contributed by atoms with E-state index in [0.29, 0.717) is 6.04 Å². The molecule has 0 bridgehead atoms. The second-order valence-electron chi connectivity index (χ2n) is 5.96. The van der Waals surface area contributed by atoms with Crippen molar-refractivity contribution in [3.63, 3.8) is 0 Å². The molecule has 3 nitrogen and oxygen atoms in total. The molecule has 0 radical (unpaired) electrons. The van der Waals surface area contributed by atoms with E-state index in [0.717, 1.165) is 18.9 Å². The van der Waals surface area contributed by atoms with Crippen LogP contribution in [0.25, 0.3) is 0 Å². The molecule has 2 rings (SSSR count). The fraction of sp³-hybridized carbons (Fsp3) is 0.800. The van der Waals surface area contributed by atoms with E-state index in [9.17, 15) is 0 Å². The molecule has 2 heterocycles. The van der Waals surface area contributed by atoms with Crippen LogP contribution >= 0.6 is 0 Å². The van der Waals surface area contributed by atoms with E-state index in [1.54, 1.807) is 0 Å². The molecule has 0 saturated carbocycles. The SMILES string of the molecule is CCCc1nc(CNC(C)C)c2n1CCC(C)C2. The molecule has 0 spiro atoms. The number of fused-ring (bicyclic) bond motifs is 1. The van der Waals surface area contributed by atoms with Crippen LogP contribution in [0.2, 0.25) is 0 Å². The zero-order valence-electron chi connectivity index (χ0n) is 12.3. The van der Waals surface area contributed by atoms with Gasteiger partial charge in [0, 0.05) is 31.2 Å². The van der Waals surface area contributed by atoms with Gasteiger partial charge in [0.05, 0.1) is 5.69 Å². The maximum atomic E-state index is 4.89. The molecule has 0 aliphatic carbocycles. The molecule has 0 amide bonds. The number of rotatable bonds is 5. The van der Waals surface area contributed by atoms with E-state index in [-0.39, 0.29) is 0 Å².